The minimum absolute atomic E-state index is 0.305. The molecule has 0 unspecified atom stereocenters. The van der Waals surface area contributed by atoms with Gasteiger partial charge in [-0.25, -0.2) is 4.79 Å². The summed E-state index contributed by atoms with van der Waals surface area (Å²) in [5.74, 6) is 0. The molecule has 0 aliphatic rings. The number of ether oxygens (including phenoxy) is 1. The molecule has 0 amide bonds. The second-order valence-corrected chi connectivity index (χ2v) is 4.82. The Kier molecular flexibility index (Phi) is 4.59. The van der Waals surface area contributed by atoms with Crippen LogP contribution in [0, 0.1) is 0 Å². The van der Waals surface area contributed by atoms with Gasteiger partial charge in [0.05, 0.1) is 13.2 Å². The second kappa shape index (κ2) is 6.41. The minimum Gasteiger partial charge on any atom is -0.380 e. The van der Waals surface area contributed by atoms with Crippen LogP contribution in [0.2, 0.25) is 0 Å². The summed E-state index contributed by atoms with van der Waals surface area (Å²) in [5, 5.41) is 3.24. The van der Waals surface area contributed by atoms with Crippen LogP contribution in [-0.2, 0) is 32.0 Å². The summed E-state index contributed by atoms with van der Waals surface area (Å²) in [6.45, 7) is 0.890. The van der Waals surface area contributed by atoms with E-state index in [2.05, 4.69) is 5.32 Å². The number of nitrogens with one attached hydrogen (secondary N) is 1. The number of anilines is 1. The maximum Gasteiger partial charge on any atom is 0.330 e. The maximum absolute atomic E-state index is 11.9. The molecule has 0 atom stereocenters. The van der Waals surface area contributed by atoms with E-state index in [0.29, 0.717) is 18.8 Å². The maximum atomic E-state index is 11.9. The highest BCUT2D eigenvalue weighted by Gasteiger charge is 2.07. The standard InChI is InChI=1S/C15H19N3O3/c1-17-12(8-14(19)18(2)15(17)20)9-16-13-7-5-4-6-11(13)10-21-3/h4-8,16H,9-10H2,1-3H3. The molecule has 1 heterocycles. The third kappa shape index (κ3) is 3.22. The van der Waals surface area contributed by atoms with E-state index >= 15 is 0 Å². The van der Waals surface area contributed by atoms with E-state index in [1.165, 1.54) is 17.7 Å². The lowest BCUT2D eigenvalue weighted by Gasteiger charge is -2.14. The largest absolute Gasteiger partial charge is 0.380 e. The Morgan fingerprint density at radius 2 is 1.86 bits per heavy atom. The summed E-state index contributed by atoms with van der Waals surface area (Å²) < 4.78 is 7.70. The van der Waals surface area contributed by atoms with Crippen molar-refractivity contribution in [1.82, 2.24) is 9.13 Å². The van der Waals surface area contributed by atoms with Gasteiger partial charge in [-0.2, -0.15) is 0 Å². The van der Waals surface area contributed by atoms with Gasteiger partial charge in [-0.15, -0.1) is 0 Å². The van der Waals surface area contributed by atoms with Crippen molar-refractivity contribution < 1.29 is 4.74 Å². The van der Waals surface area contributed by atoms with Crippen molar-refractivity contribution in [3.05, 3.63) is 62.4 Å². The molecule has 0 aliphatic carbocycles. The van der Waals surface area contributed by atoms with Crippen molar-refractivity contribution >= 4 is 5.69 Å². The van der Waals surface area contributed by atoms with Gasteiger partial charge in [0.25, 0.3) is 5.56 Å². The van der Waals surface area contributed by atoms with E-state index < -0.39 is 0 Å². The molecule has 0 saturated carbocycles. The summed E-state index contributed by atoms with van der Waals surface area (Å²) in [6.07, 6.45) is 0. The lowest BCUT2D eigenvalue weighted by molar-refractivity contribution is 0.185. The summed E-state index contributed by atoms with van der Waals surface area (Å²) >= 11 is 0. The van der Waals surface area contributed by atoms with Crippen molar-refractivity contribution in [2.75, 3.05) is 12.4 Å². The monoisotopic (exact) mass is 289 g/mol. The fourth-order valence-electron chi connectivity index (χ4n) is 2.11. The molecule has 21 heavy (non-hydrogen) atoms. The van der Waals surface area contributed by atoms with Gasteiger partial charge in [-0.05, 0) is 6.07 Å². The van der Waals surface area contributed by atoms with Crippen LogP contribution in [0.3, 0.4) is 0 Å². The lowest BCUT2D eigenvalue weighted by atomic mass is 10.2. The molecule has 0 bridgehead atoms. The molecule has 0 fully saturated rings. The van der Waals surface area contributed by atoms with Crippen LogP contribution in [0.15, 0.2) is 39.9 Å². The molecule has 2 aromatic rings. The van der Waals surface area contributed by atoms with Crippen molar-refractivity contribution in [3.63, 3.8) is 0 Å². The van der Waals surface area contributed by atoms with E-state index in [4.69, 9.17) is 4.74 Å². The highest BCUT2D eigenvalue weighted by atomic mass is 16.5. The first-order valence-corrected chi connectivity index (χ1v) is 6.61. The number of hydrogen-bond acceptors (Lipinski definition) is 4. The first-order chi connectivity index (χ1) is 10.0. The van der Waals surface area contributed by atoms with Gasteiger partial charge in [-0.3, -0.25) is 13.9 Å². The smallest absolute Gasteiger partial charge is 0.330 e. The van der Waals surface area contributed by atoms with Crippen molar-refractivity contribution in [1.29, 1.82) is 0 Å². The molecule has 0 radical (unpaired) electrons. The van der Waals surface area contributed by atoms with Gasteiger partial charge in [-0.1, -0.05) is 18.2 Å². The third-order valence-electron chi connectivity index (χ3n) is 3.40. The van der Waals surface area contributed by atoms with E-state index in [1.54, 1.807) is 14.2 Å². The Morgan fingerprint density at radius 3 is 2.57 bits per heavy atom. The van der Waals surface area contributed by atoms with Crippen LogP contribution in [-0.4, -0.2) is 16.2 Å². The Morgan fingerprint density at radius 1 is 1.14 bits per heavy atom. The van der Waals surface area contributed by atoms with Gasteiger partial charge in [0, 0.05) is 44.2 Å². The first kappa shape index (κ1) is 15.1. The molecule has 1 N–H and O–H groups in total. The molecular formula is C15H19N3O3. The molecule has 0 spiro atoms. The zero-order chi connectivity index (χ0) is 15.4. The average molecular weight is 289 g/mol. The molecule has 1 aromatic carbocycles. The SMILES string of the molecule is COCc1ccccc1NCc1cc(=O)n(C)c(=O)n1C. The normalized spacial score (nSPS) is 10.6. The molecule has 6 heteroatoms. The van der Waals surface area contributed by atoms with Crippen LogP contribution in [0.25, 0.3) is 0 Å². The molecule has 1 aromatic heterocycles. The van der Waals surface area contributed by atoms with Gasteiger partial charge >= 0.3 is 5.69 Å². The number of benzene rings is 1. The highest BCUT2D eigenvalue weighted by molar-refractivity contribution is 5.50. The number of rotatable bonds is 5. The van der Waals surface area contributed by atoms with Crippen molar-refractivity contribution in [3.8, 4) is 0 Å². The fraction of sp³-hybridized carbons (Fsp3) is 0.333. The Labute approximate surface area is 122 Å². The van der Waals surface area contributed by atoms with Crippen molar-refractivity contribution in [2.45, 2.75) is 13.2 Å². The average Bonchev–Trinajstić information content (AvgIpc) is 2.49. The van der Waals surface area contributed by atoms with E-state index in [1.807, 2.05) is 24.3 Å². The Balaban J connectivity index is 2.25. The number of hydrogen-bond donors (Lipinski definition) is 1. The summed E-state index contributed by atoms with van der Waals surface area (Å²) in [7, 11) is 4.76. The molecule has 0 aliphatic heterocycles. The molecule has 112 valence electrons. The summed E-state index contributed by atoms with van der Waals surface area (Å²) in [5.41, 5.74) is 1.95. The van der Waals surface area contributed by atoms with Gasteiger partial charge < -0.3 is 10.1 Å². The quantitative estimate of drug-likeness (QED) is 0.886. The van der Waals surface area contributed by atoms with Crippen LogP contribution in [0.4, 0.5) is 5.69 Å². The molecular weight excluding hydrogens is 270 g/mol. The van der Waals surface area contributed by atoms with Crippen LogP contribution < -0.4 is 16.6 Å². The summed E-state index contributed by atoms with van der Waals surface area (Å²) in [6, 6.07) is 9.23. The van der Waals surface area contributed by atoms with Gasteiger partial charge in [0.1, 0.15) is 0 Å². The van der Waals surface area contributed by atoms with Crippen molar-refractivity contribution in [2.24, 2.45) is 14.1 Å². The molecule has 2 rings (SSSR count). The predicted molar refractivity (Wildman–Crippen MR) is 81.4 cm³/mol. The number of para-hydroxylation sites is 1. The topological polar surface area (TPSA) is 65.3 Å². The van der Waals surface area contributed by atoms with Crippen LogP contribution in [0.5, 0.6) is 0 Å². The van der Waals surface area contributed by atoms with Gasteiger partial charge in [0.2, 0.25) is 0 Å². The highest BCUT2D eigenvalue weighted by Crippen LogP contribution is 2.16. The van der Waals surface area contributed by atoms with Gasteiger partial charge in [0.15, 0.2) is 0 Å². The number of nitrogens with zero attached hydrogens (tertiary/aromatic N) is 2. The van der Waals surface area contributed by atoms with Crippen LogP contribution in [0.1, 0.15) is 11.3 Å². The lowest BCUT2D eigenvalue weighted by Crippen LogP contribution is -2.38. The Bertz CT molecular complexity index is 747. The first-order valence-electron chi connectivity index (χ1n) is 6.61. The Hall–Kier alpha value is -2.34. The molecule has 0 saturated heterocycles. The fourth-order valence-corrected chi connectivity index (χ4v) is 2.11. The third-order valence-corrected chi connectivity index (χ3v) is 3.40. The second-order valence-electron chi connectivity index (χ2n) is 4.82. The zero-order valence-corrected chi connectivity index (χ0v) is 12.4. The number of aromatic nitrogens is 2. The van der Waals surface area contributed by atoms with Crippen LogP contribution >= 0.6 is 0 Å². The van der Waals surface area contributed by atoms with E-state index in [0.717, 1.165) is 15.8 Å². The number of methoxy groups -OCH3 is 1. The van der Waals surface area contributed by atoms with E-state index in [-0.39, 0.29) is 11.2 Å². The predicted octanol–water partition coefficient (Wildman–Crippen LogP) is 0.843. The minimum atomic E-state index is -0.329. The van der Waals surface area contributed by atoms with E-state index in [9.17, 15) is 9.59 Å². The molecule has 6 nitrogen and oxygen atoms in total. The zero-order valence-electron chi connectivity index (χ0n) is 12.4. The summed E-state index contributed by atoms with van der Waals surface area (Å²) in [4.78, 5) is 23.6.